The Morgan fingerprint density at radius 2 is 2.04 bits per heavy atom. The summed E-state index contributed by atoms with van der Waals surface area (Å²) in [4.78, 5) is 23.1. The van der Waals surface area contributed by atoms with Gasteiger partial charge in [-0.05, 0) is 19.1 Å². The summed E-state index contributed by atoms with van der Waals surface area (Å²) in [5, 5.41) is 21.9. The first-order valence-electron chi connectivity index (χ1n) is 7.84. The third-order valence-electron chi connectivity index (χ3n) is 3.92. The number of carbonyl (C=O) groups is 1. The van der Waals surface area contributed by atoms with Crippen molar-refractivity contribution in [2.75, 3.05) is 5.32 Å². The minimum absolute atomic E-state index is 0.0218. The normalized spacial score (nSPS) is 10.9. The fourth-order valence-corrected chi connectivity index (χ4v) is 3.12. The second-order valence-corrected chi connectivity index (χ2v) is 6.66. The molecule has 0 aliphatic carbocycles. The van der Waals surface area contributed by atoms with Gasteiger partial charge in [0.05, 0.1) is 11.5 Å². The van der Waals surface area contributed by atoms with Crippen LogP contribution in [0.2, 0.25) is 10.0 Å². The van der Waals surface area contributed by atoms with Crippen LogP contribution in [0.25, 0.3) is 0 Å². The molecule has 3 aromatic rings. The zero-order chi connectivity index (χ0) is 20.6. The van der Waals surface area contributed by atoms with Gasteiger partial charge in [-0.15, -0.1) is 0 Å². The molecule has 0 atom stereocenters. The van der Waals surface area contributed by atoms with Crippen LogP contribution in [-0.2, 0) is 13.6 Å². The van der Waals surface area contributed by atoms with Crippen molar-refractivity contribution in [2.24, 2.45) is 7.05 Å². The average Bonchev–Trinajstić information content (AvgIpc) is 3.09. The number of aryl methyl sites for hydroxylation is 2. The first kappa shape index (κ1) is 19.8. The minimum atomic E-state index is -0.800. The highest BCUT2D eigenvalue weighted by molar-refractivity contribution is 6.33. The molecule has 2 aromatic heterocycles. The van der Waals surface area contributed by atoms with E-state index in [0.717, 1.165) is 4.68 Å². The molecule has 1 aromatic carbocycles. The van der Waals surface area contributed by atoms with E-state index in [1.807, 2.05) is 0 Å². The predicted molar refractivity (Wildman–Crippen MR) is 100 cm³/mol. The number of carbonyl (C=O) groups excluding carboxylic acids is 1. The van der Waals surface area contributed by atoms with Crippen LogP contribution in [-0.4, -0.2) is 30.4 Å². The van der Waals surface area contributed by atoms with Crippen molar-refractivity contribution >= 4 is 40.6 Å². The van der Waals surface area contributed by atoms with Crippen LogP contribution >= 0.6 is 23.2 Å². The van der Waals surface area contributed by atoms with Gasteiger partial charge in [-0.2, -0.15) is 10.2 Å². The van der Waals surface area contributed by atoms with Crippen LogP contribution in [0.15, 0.2) is 24.4 Å². The highest BCUT2D eigenvalue weighted by Crippen LogP contribution is 2.26. The number of nitrogens with zero attached hydrogens (tertiary/aromatic N) is 5. The van der Waals surface area contributed by atoms with E-state index in [1.165, 1.54) is 43.0 Å². The van der Waals surface area contributed by atoms with E-state index in [2.05, 4.69) is 15.5 Å². The molecular weight excluding hydrogens is 414 g/mol. The standard InChI is InChI=1S/C16H13Cl2FN6O3/c1-8-13(25(27)28)14(23(2)21-8)16(26)20-15-11(18)7-24(22-15)6-9-10(17)4-3-5-12(9)19/h3-5,7H,6H2,1-2H3,(H,20,22,26). The second-order valence-electron chi connectivity index (χ2n) is 5.84. The highest BCUT2D eigenvalue weighted by Gasteiger charge is 2.30. The highest BCUT2D eigenvalue weighted by atomic mass is 35.5. The topological polar surface area (TPSA) is 108 Å². The molecule has 0 aliphatic heterocycles. The lowest BCUT2D eigenvalue weighted by Gasteiger charge is -2.06. The van der Waals surface area contributed by atoms with Crippen molar-refractivity contribution < 1.29 is 14.1 Å². The van der Waals surface area contributed by atoms with Gasteiger partial charge in [0.15, 0.2) is 5.82 Å². The van der Waals surface area contributed by atoms with Crippen LogP contribution in [0, 0.1) is 22.9 Å². The molecule has 0 radical (unpaired) electrons. The number of halogens is 3. The van der Waals surface area contributed by atoms with Gasteiger partial charge in [0, 0.05) is 23.8 Å². The van der Waals surface area contributed by atoms with Crippen LogP contribution < -0.4 is 5.32 Å². The van der Waals surface area contributed by atoms with Gasteiger partial charge >= 0.3 is 5.69 Å². The maximum Gasteiger partial charge on any atom is 0.322 e. The van der Waals surface area contributed by atoms with Crippen molar-refractivity contribution in [2.45, 2.75) is 13.5 Å². The van der Waals surface area contributed by atoms with Crippen molar-refractivity contribution in [1.82, 2.24) is 19.6 Å². The molecule has 0 spiro atoms. The molecular formula is C16H13Cl2FN6O3. The SMILES string of the molecule is Cc1nn(C)c(C(=O)Nc2nn(Cc3c(F)cccc3Cl)cc2Cl)c1[N+](=O)[O-]. The molecule has 2 heterocycles. The predicted octanol–water partition coefficient (Wildman–Crippen LogP) is 3.58. The number of benzene rings is 1. The minimum Gasteiger partial charge on any atom is -0.302 e. The molecule has 0 aliphatic rings. The molecule has 9 nitrogen and oxygen atoms in total. The smallest absolute Gasteiger partial charge is 0.302 e. The fourth-order valence-electron chi connectivity index (χ4n) is 2.69. The van der Waals surface area contributed by atoms with E-state index >= 15 is 0 Å². The summed E-state index contributed by atoms with van der Waals surface area (Å²) in [6, 6.07) is 4.28. The first-order chi connectivity index (χ1) is 13.2. The van der Waals surface area contributed by atoms with Crippen LogP contribution in [0.1, 0.15) is 21.7 Å². The third-order valence-corrected chi connectivity index (χ3v) is 4.55. The van der Waals surface area contributed by atoms with Gasteiger partial charge < -0.3 is 5.32 Å². The van der Waals surface area contributed by atoms with Crippen LogP contribution in [0.3, 0.4) is 0 Å². The monoisotopic (exact) mass is 426 g/mol. The summed E-state index contributed by atoms with van der Waals surface area (Å²) in [6.45, 7) is 1.40. The summed E-state index contributed by atoms with van der Waals surface area (Å²) >= 11 is 12.1. The Morgan fingerprint density at radius 3 is 2.68 bits per heavy atom. The molecule has 1 amide bonds. The summed E-state index contributed by atoms with van der Waals surface area (Å²) in [5.41, 5.74) is -0.346. The second kappa shape index (κ2) is 7.56. The molecule has 0 bridgehead atoms. The number of hydrogen-bond donors (Lipinski definition) is 1. The van der Waals surface area contributed by atoms with Crippen molar-refractivity contribution in [1.29, 1.82) is 0 Å². The van der Waals surface area contributed by atoms with Crippen molar-refractivity contribution in [3.8, 4) is 0 Å². The van der Waals surface area contributed by atoms with Crippen LogP contribution in [0.4, 0.5) is 15.9 Å². The van der Waals surface area contributed by atoms with Crippen LogP contribution in [0.5, 0.6) is 0 Å². The number of aromatic nitrogens is 4. The zero-order valence-corrected chi connectivity index (χ0v) is 16.1. The third kappa shape index (κ3) is 3.69. The Kier molecular flexibility index (Phi) is 5.34. The fraction of sp³-hybridized carbons (Fsp3) is 0.188. The van der Waals surface area contributed by atoms with E-state index in [9.17, 15) is 19.3 Å². The van der Waals surface area contributed by atoms with Crippen molar-refractivity contribution in [3.05, 3.63) is 67.3 Å². The maximum absolute atomic E-state index is 13.9. The van der Waals surface area contributed by atoms with Gasteiger partial charge in [-0.1, -0.05) is 29.3 Å². The Hall–Kier alpha value is -2.98. The summed E-state index contributed by atoms with van der Waals surface area (Å²) in [5.74, 6) is -1.34. The van der Waals surface area contributed by atoms with Gasteiger partial charge in [-0.3, -0.25) is 24.3 Å². The van der Waals surface area contributed by atoms with E-state index in [1.54, 1.807) is 0 Å². The number of amides is 1. The zero-order valence-electron chi connectivity index (χ0n) is 14.6. The lowest BCUT2D eigenvalue weighted by Crippen LogP contribution is -2.18. The maximum atomic E-state index is 13.9. The van der Waals surface area contributed by atoms with Gasteiger partial charge in [0.1, 0.15) is 16.5 Å². The number of nitro groups is 1. The summed E-state index contributed by atoms with van der Waals surface area (Å²) in [6.07, 6.45) is 1.38. The van der Waals surface area contributed by atoms with Gasteiger partial charge in [0.25, 0.3) is 5.91 Å². The molecule has 12 heteroatoms. The number of nitrogens with one attached hydrogen (secondary N) is 1. The Labute approximate surface area is 167 Å². The quantitative estimate of drug-likeness (QED) is 0.495. The summed E-state index contributed by atoms with van der Waals surface area (Å²) in [7, 11) is 1.41. The molecule has 0 unspecified atom stereocenters. The molecule has 0 saturated heterocycles. The van der Waals surface area contributed by atoms with E-state index in [0.29, 0.717) is 0 Å². The molecule has 3 rings (SSSR count). The van der Waals surface area contributed by atoms with E-state index < -0.39 is 22.3 Å². The summed E-state index contributed by atoms with van der Waals surface area (Å²) < 4.78 is 16.3. The number of hydrogen-bond acceptors (Lipinski definition) is 5. The number of anilines is 1. The van der Waals surface area contributed by atoms with E-state index in [4.69, 9.17) is 23.2 Å². The first-order valence-corrected chi connectivity index (χ1v) is 8.59. The molecule has 146 valence electrons. The van der Waals surface area contributed by atoms with E-state index in [-0.39, 0.29) is 39.4 Å². The lowest BCUT2D eigenvalue weighted by atomic mass is 10.2. The van der Waals surface area contributed by atoms with Crippen molar-refractivity contribution in [3.63, 3.8) is 0 Å². The van der Waals surface area contributed by atoms with Gasteiger partial charge in [-0.25, -0.2) is 4.39 Å². The molecule has 0 fully saturated rings. The lowest BCUT2D eigenvalue weighted by molar-refractivity contribution is -0.385. The largest absolute Gasteiger partial charge is 0.322 e. The Morgan fingerprint density at radius 1 is 1.32 bits per heavy atom. The molecule has 1 N–H and O–H groups in total. The average molecular weight is 427 g/mol. The Bertz CT molecular complexity index is 1070. The number of rotatable bonds is 5. The molecule has 0 saturated carbocycles. The Balaban J connectivity index is 1.87. The van der Waals surface area contributed by atoms with Gasteiger partial charge in [0.2, 0.25) is 5.69 Å². The molecule has 28 heavy (non-hydrogen) atoms.